The molecule has 1 amide bonds. The van der Waals surface area contributed by atoms with E-state index in [4.69, 9.17) is 5.21 Å². The molecule has 0 radical (unpaired) electrons. The largest absolute Gasteiger partial charge is 0.573 e. The summed E-state index contributed by atoms with van der Waals surface area (Å²) in [6.07, 6.45) is -5.13. The predicted molar refractivity (Wildman–Crippen MR) is 63.3 cm³/mol. The summed E-state index contributed by atoms with van der Waals surface area (Å²) in [6.45, 7) is 0. The van der Waals surface area contributed by atoms with Gasteiger partial charge in [-0.25, -0.2) is 8.42 Å². The van der Waals surface area contributed by atoms with Crippen molar-refractivity contribution >= 4 is 15.9 Å². The number of nitrogens with zero attached hydrogens (tertiary/aromatic N) is 1. The van der Waals surface area contributed by atoms with Crippen LogP contribution in [0, 0.1) is 0 Å². The van der Waals surface area contributed by atoms with Crippen LogP contribution in [-0.2, 0) is 10.0 Å². The first-order chi connectivity index (χ1) is 9.48. The van der Waals surface area contributed by atoms with Crippen molar-refractivity contribution < 1.29 is 36.3 Å². The predicted octanol–water partition coefficient (Wildman–Crippen LogP) is 0.955. The lowest BCUT2D eigenvalue weighted by atomic mass is 10.2. The first kappa shape index (κ1) is 17.2. The molecule has 0 fully saturated rings. The fourth-order valence-electron chi connectivity index (χ4n) is 1.37. The third kappa shape index (κ3) is 4.31. The topological polar surface area (TPSA) is 95.9 Å². The van der Waals surface area contributed by atoms with Crippen LogP contribution >= 0.6 is 0 Å². The summed E-state index contributed by atoms with van der Waals surface area (Å²) in [5, 5.41) is 8.54. The molecule has 0 aromatic heterocycles. The molecular weight excluding hydrogens is 317 g/mol. The molecule has 21 heavy (non-hydrogen) atoms. The summed E-state index contributed by atoms with van der Waals surface area (Å²) in [5.74, 6) is -1.71. The number of carbonyl (C=O) groups excluding carboxylic acids is 1. The fourth-order valence-corrected chi connectivity index (χ4v) is 2.12. The molecular formula is C10H11F3N2O5S. The molecule has 0 heterocycles. The van der Waals surface area contributed by atoms with Crippen molar-refractivity contribution in [3.8, 4) is 5.75 Å². The molecule has 0 saturated carbocycles. The number of carbonyl (C=O) groups is 1. The highest BCUT2D eigenvalue weighted by atomic mass is 32.2. The van der Waals surface area contributed by atoms with Gasteiger partial charge in [-0.1, -0.05) is 4.89 Å². The maximum Gasteiger partial charge on any atom is 0.573 e. The second-order valence-electron chi connectivity index (χ2n) is 4.00. The Morgan fingerprint density at radius 1 is 1.33 bits per heavy atom. The van der Waals surface area contributed by atoms with Crippen LogP contribution in [0.1, 0.15) is 10.4 Å². The Morgan fingerprint density at radius 3 is 2.33 bits per heavy atom. The molecule has 11 heteroatoms. The highest BCUT2D eigenvalue weighted by Gasteiger charge is 2.34. The number of hydrogen-bond acceptors (Lipinski definition) is 5. The quantitative estimate of drug-likeness (QED) is 0.803. The van der Waals surface area contributed by atoms with Gasteiger partial charge in [-0.05, 0) is 18.2 Å². The van der Waals surface area contributed by atoms with Gasteiger partial charge in [0, 0.05) is 19.7 Å². The van der Waals surface area contributed by atoms with Crippen LogP contribution in [0.4, 0.5) is 13.2 Å². The summed E-state index contributed by atoms with van der Waals surface area (Å²) >= 11 is 0. The number of ether oxygens (including phenoxy) is 1. The number of amides is 1. The molecule has 1 aromatic carbocycles. The van der Waals surface area contributed by atoms with Gasteiger partial charge in [-0.15, -0.1) is 13.2 Å². The normalized spacial score (nSPS) is 12.1. The number of benzene rings is 1. The molecule has 1 rings (SSSR count). The van der Waals surface area contributed by atoms with Gasteiger partial charge in [0.1, 0.15) is 10.6 Å². The average Bonchev–Trinajstić information content (AvgIpc) is 2.36. The van der Waals surface area contributed by atoms with Crippen LogP contribution in [0.2, 0.25) is 0 Å². The second kappa shape index (κ2) is 5.87. The van der Waals surface area contributed by atoms with E-state index in [-0.39, 0.29) is 5.56 Å². The molecule has 0 saturated heterocycles. The van der Waals surface area contributed by atoms with Crippen LogP contribution in [0.3, 0.4) is 0 Å². The van der Waals surface area contributed by atoms with E-state index in [0.717, 1.165) is 15.9 Å². The van der Waals surface area contributed by atoms with Gasteiger partial charge < -0.3 is 14.8 Å². The maximum absolute atomic E-state index is 12.2. The van der Waals surface area contributed by atoms with Gasteiger partial charge >= 0.3 is 6.36 Å². The van der Waals surface area contributed by atoms with E-state index in [1.54, 1.807) is 0 Å². The minimum Gasteiger partial charge on any atom is -0.404 e. The van der Waals surface area contributed by atoms with Crippen LogP contribution in [0.5, 0.6) is 5.75 Å². The average molecular weight is 328 g/mol. The minimum atomic E-state index is -5.13. The molecule has 0 unspecified atom stereocenters. The molecule has 0 atom stereocenters. The van der Waals surface area contributed by atoms with Gasteiger partial charge in [0.05, 0.1) is 0 Å². The van der Waals surface area contributed by atoms with E-state index in [2.05, 4.69) is 4.74 Å². The molecule has 0 bridgehead atoms. The van der Waals surface area contributed by atoms with Gasteiger partial charge in [-0.2, -0.15) is 0 Å². The van der Waals surface area contributed by atoms with Crippen molar-refractivity contribution in [1.29, 1.82) is 0 Å². The highest BCUT2D eigenvalue weighted by Crippen LogP contribution is 2.30. The number of rotatable bonds is 4. The summed E-state index contributed by atoms with van der Waals surface area (Å²) in [6, 6.07) is 2.32. The van der Waals surface area contributed by atoms with Crippen LogP contribution in [0.25, 0.3) is 0 Å². The molecule has 1 aromatic rings. The van der Waals surface area contributed by atoms with E-state index in [0.29, 0.717) is 12.1 Å². The lowest BCUT2D eigenvalue weighted by Crippen LogP contribution is -2.25. The third-order valence-electron chi connectivity index (χ3n) is 2.23. The highest BCUT2D eigenvalue weighted by molar-refractivity contribution is 7.89. The number of halogens is 3. The first-order valence-electron chi connectivity index (χ1n) is 5.25. The molecule has 7 nitrogen and oxygen atoms in total. The van der Waals surface area contributed by atoms with Crippen LogP contribution < -0.4 is 9.62 Å². The Balaban J connectivity index is 3.44. The number of hydrogen-bond donors (Lipinski definition) is 2. The van der Waals surface area contributed by atoms with Crippen molar-refractivity contribution in [2.24, 2.45) is 0 Å². The Kier molecular flexibility index (Phi) is 4.81. The summed E-state index contributed by atoms with van der Waals surface area (Å²) < 4.78 is 63.3. The monoisotopic (exact) mass is 328 g/mol. The van der Waals surface area contributed by atoms with Crippen LogP contribution in [0.15, 0.2) is 23.1 Å². The van der Waals surface area contributed by atoms with Gasteiger partial charge in [0.25, 0.3) is 15.9 Å². The third-order valence-corrected chi connectivity index (χ3v) is 3.37. The first-order valence-corrected chi connectivity index (χ1v) is 6.73. The van der Waals surface area contributed by atoms with Gasteiger partial charge in [-0.3, -0.25) is 4.79 Å². The molecule has 0 aliphatic carbocycles. The number of alkyl halides is 3. The van der Waals surface area contributed by atoms with Crippen LogP contribution in [-0.4, -0.2) is 44.9 Å². The Hall–Kier alpha value is -1.85. The Morgan fingerprint density at radius 2 is 1.90 bits per heavy atom. The molecule has 0 spiro atoms. The number of nitrogens with one attached hydrogen (secondary N) is 1. The van der Waals surface area contributed by atoms with E-state index < -0.39 is 32.9 Å². The summed E-state index contributed by atoms with van der Waals surface area (Å²) in [7, 11) is -1.92. The zero-order valence-corrected chi connectivity index (χ0v) is 11.6. The lowest BCUT2D eigenvalue weighted by Gasteiger charge is -2.15. The second-order valence-corrected chi connectivity index (χ2v) is 5.63. The lowest BCUT2D eigenvalue weighted by molar-refractivity contribution is -0.275. The van der Waals surface area contributed by atoms with Crippen molar-refractivity contribution in [3.63, 3.8) is 0 Å². The maximum atomic E-state index is 12.2. The SMILES string of the molecule is CN(C)C(=O)c1ccc(OC(F)(F)F)c(S(=O)(=O)NO)c1. The minimum absolute atomic E-state index is 0.191. The van der Waals surface area contributed by atoms with Crippen molar-refractivity contribution in [1.82, 2.24) is 9.79 Å². The summed E-state index contributed by atoms with van der Waals surface area (Å²) in [4.78, 5) is 12.7. The Labute approximate surface area is 117 Å². The smallest absolute Gasteiger partial charge is 0.404 e. The van der Waals surface area contributed by atoms with Gasteiger partial charge in [0.15, 0.2) is 0 Å². The van der Waals surface area contributed by atoms with E-state index in [9.17, 15) is 26.4 Å². The zero-order chi connectivity index (χ0) is 16.4. The fraction of sp³-hybridized carbons (Fsp3) is 0.300. The van der Waals surface area contributed by atoms with Crippen molar-refractivity contribution in [3.05, 3.63) is 23.8 Å². The van der Waals surface area contributed by atoms with E-state index in [1.165, 1.54) is 14.1 Å². The van der Waals surface area contributed by atoms with Crippen molar-refractivity contribution in [2.75, 3.05) is 14.1 Å². The number of sulfonamides is 1. The molecule has 2 N–H and O–H groups in total. The standard InChI is InChI=1S/C10H11F3N2O5S/c1-15(2)9(16)6-3-4-7(20-10(11,12)13)8(5-6)21(18,19)14-17/h3-5,14,17H,1-2H3. The zero-order valence-electron chi connectivity index (χ0n) is 10.8. The van der Waals surface area contributed by atoms with E-state index in [1.807, 2.05) is 0 Å². The molecule has 0 aliphatic heterocycles. The molecule has 0 aliphatic rings. The molecule has 118 valence electrons. The van der Waals surface area contributed by atoms with Gasteiger partial charge in [0.2, 0.25) is 0 Å². The Bertz CT molecular complexity index is 643. The van der Waals surface area contributed by atoms with Crippen molar-refractivity contribution in [2.45, 2.75) is 11.3 Å². The summed E-state index contributed by atoms with van der Waals surface area (Å²) in [5.41, 5.74) is -0.191. The van der Waals surface area contributed by atoms with E-state index >= 15 is 0 Å².